The zero-order valence-corrected chi connectivity index (χ0v) is 21.8. The van der Waals surface area contributed by atoms with E-state index in [9.17, 15) is 10.1 Å². The Balaban J connectivity index is 1.52. The number of nitrogens with zero attached hydrogens (tertiary/aromatic N) is 4. The van der Waals surface area contributed by atoms with Gasteiger partial charge in [-0.15, -0.1) is 21.5 Å². The summed E-state index contributed by atoms with van der Waals surface area (Å²) in [6.45, 7) is 2.60. The lowest BCUT2D eigenvalue weighted by molar-refractivity contribution is -0.113. The molecule has 35 heavy (non-hydrogen) atoms. The number of carbonyl (C=O) groups excluding carboxylic acids is 1. The lowest BCUT2D eigenvalue weighted by Crippen LogP contribution is -2.14. The smallest absolute Gasteiger partial charge is 0.235 e. The minimum atomic E-state index is -0.176. The second kappa shape index (κ2) is 11.0. The fraction of sp³-hybridized carbons (Fsp3) is 0.417. The molecule has 1 amide bonds. The second-order valence-electron chi connectivity index (χ2n) is 7.83. The van der Waals surface area contributed by atoms with E-state index in [0.717, 1.165) is 36.8 Å². The van der Waals surface area contributed by atoms with Crippen molar-refractivity contribution in [3.05, 3.63) is 28.1 Å². The van der Waals surface area contributed by atoms with Crippen LogP contribution in [-0.4, -0.2) is 47.8 Å². The molecule has 0 spiro atoms. The summed E-state index contributed by atoms with van der Waals surface area (Å²) in [5.41, 5.74) is 2.48. The van der Waals surface area contributed by atoms with E-state index in [-0.39, 0.29) is 11.7 Å². The van der Waals surface area contributed by atoms with Gasteiger partial charge in [0.15, 0.2) is 22.5 Å². The number of hydrogen-bond acceptors (Lipinski definition) is 9. The average molecular weight is 514 g/mol. The molecule has 0 fully saturated rings. The molecule has 0 saturated heterocycles. The van der Waals surface area contributed by atoms with Crippen molar-refractivity contribution in [3.8, 4) is 34.7 Å². The summed E-state index contributed by atoms with van der Waals surface area (Å²) >= 11 is 2.83. The van der Waals surface area contributed by atoms with Crippen LogP contribution in [0, 0.1) is 11.3 Å². The van der Waals surface area contributed by atoms with Gasteiger partial charge in [0.25, 0.3) is 0 Å². The van der Waals surface area contributed by atoms with Crippen molar-refractivity contribution in [1.29, 1.82) is 5.26 Å². The van der Waals surface area contributed by atoms with Crippen molar-refractivity contribution in [3.63, 3.8) is 0 Å². The fourth-order valence-corrected chi connectivity index (χ4v) is 6.23. The quantitative estimate of drug-likeness (QED) is 0.415. The maximum atomic E-state index is 12.7. The molecule has 4 rings (SSSR count). The Bertz CT molecular complexity index is 1250. The molecule has 1 N–H and O–H groups in total. The molecular formula is C24H27N5O4S2. The second-order valence-corrected chi connectivity index (χ2v) is 9.88. The number of hydrogen-bond donors (Lipinski definition) is 1. The first-order chi connectivity index (χ1) is 17.0. The largest absolute Gasteiger partial charge is 0.493 e. The Labute approximate surface area is 212 Å². The summed E-state index contributed by atoms with van der Waals surface area (Å²) in [7, 11) is 4.68. The number of thiophene rings is 1. The molecule has 9 nitrogen and oxygen atoms in total. The number of anilines is 1. The van der Waals surface area contributed by atoms with E-state index in [1.807, 2.05) is 23.6 Å². The molecule has 184 valence electrons. The minimum Gasteiger partial charge on any atom is -0.493 e. The van der Waals surface area contributed by atoms with Crippen molar-refractivity contribution >= 4 is 34.0 Å². The zero-order chi connectivity index (χ0) is 24.9. The van der Waals surface area contributed by atoms with E-state index >= 15 is 0 Å². The van der Waals surface area contributed by atoms with Crippen molar-refractivity contribution in [2.75, 3.05) is 32.4 Å². The molecule has 1 aliphatic carbocycles. The number of nitrogens with one attached hydrogen (secondary N) is 1. The molecular weight excluding hydrogens is 486 g/mol. The highest BCUT2D eigenvalue weighted by Gasteiger charge is 2.23. The Morgan fingerprint density at radius 2 is 1.89 bits per heavy atom. The third-order valence-electron chi connectivity index (χ3n) is 5.82. The van der Waals surface area contributed by atoms with Gasteiger partial charge in [-0.25, -0.2) is 0 Å². The van der Waals surface area contributed by atoms with Crippen LogP contribution in [0.3, 0.4) is 0 Å². The van der Waals surface area contributed by atoms with Crippen molar-refractivity contribution in [2.45, 2.75) is 44.3 Å². The van der Waals surface area contributed by atoms with Gasteiger partial charge in [-0.3, -0.25) is 4.79 Å². The summed E-state index contributed by atoms with van der Waals surface area (Å²) < 4.78 is 18.3. The predicted molar refractivity (Wildman–Crippen MR) is 136 cm³/mol. The van der Waals surface area contributed by atoms with Crippen molar-refractivity contribution in [1.82, 2.24) is 14.8 Å². The number of methoxy groups -OCH3 is 3. The first-order valence-electron chi connectivity index (χ1n) is 11.2. The molecule has 1 aromatic carbocycles. The summed E-state index contributed by atoms with van der Waals surface area (Å²) in [6, 6.07) is 5.92. The topological polar surface area (TPSA) is 111 Å². The van der Waals surface area contributed by atoms with Crippen LogP contribution in [0.25, 0.3) is 11.4 Å². The lowest BCUT2D eigenvalue weighted by atomic mass is 9.96. The van der Waals surface area contributed by atoms with Gasteiger partial charge in [0.1, 0.15) is 11.1 Å². The van der Waals surface area contributed by atoms with Crippen LogP contribution in [0.5, 0.6) is 17.2 Å². The van der Waals surface area contributed by atoms with E-state index < -0.39 is 0 Å². The van der Waals surface area contributed by atoms with Gasteiger partial charge in [-0.2, -0.15) is 5.26 Å². The molecule has 0 unspecified atom stereocenters. The number of carbonyl (C=O) groups is 1. The van der Waals surface area contributed by atoms with Crippen LogP contribution in [0.2, 0.25) is 0 Å². The number of rotatable bonds is 9. The normalized spacial score (nSPS) is 12.5. The van der Waals surface area contributed by atoms with Gasteiger partial charge < -0.3 is 24.1 Å². The van der Waals surface area contributed by atoms with Crippen LogP contribution in [0.1, 0.15) is 35.8 Å². The van der Waals surface area contributed by atoms with Gasteiger partial charge in [-0.05, 0) is 50.3 Å². The molecule has 2 heterocycles. The predicted octanol–water partition coefficient (Wildman–Crippen LogP) is 4.53. The summed E-state index contributed by atoms with van der Waals surface area (Å²) in [4.78, 5) is 14.0. The van der Waals surface area contributed by atoms with Crippen LogP contribution in [0.4, 0.5) is 5.00 Å². The highest BCUT2D eigenvalue weighted by molar-refractivity contribution is 7.99. The van der Waals surface area contributed by atoms with Crippen LogP contribution in [0.15, 0.2) is 17.3 Å². The molecule has 0 radical (unpaired) electrons. The molecule has 11 heteroatoms. The minimum absolute atomic E-state index is 0.154. The maximum Gasteiger partial charge on any atom is 0.235 e. The number of aromatic nitrogens is 3. The van der Waals surface area contributed by atoms with E-state index in [2.05, 4.69) is 21.6 Å². The van der Waals surface area contributed by atoms with Crippen LogP contribution in [-0.2, 0) is 24.2 Å². The number of benzene rings is 1. The Morgan fingerprint density at radius 1 is 1.17 bits per heavy atom. The third kappa shape index (κ3) is 4.94. The van der Waals surface area contributed by atoms with E-state index in [4.69, 9.17) is 14.2 Å². The van der Waals surface area contributed by atoms with Gasteiger partial charge in [-0.1, -0.05) is 11.8 Å². The molecule has 1 aliphatic rings. The highest BCUT2D eigenvalue weighted by Crippen LogP contribution is 2.41. The highest BCUT2D eigenvalue weighted by atomic mass is 32.2. The Kier molecular flexibility index (Phi) is 7.83. The zero-order valence-electron chi connectivity index (χ0n) is 20.1. The maximum absolute atomic E-state index is 12.7. The molecule has 0 aliphatic heterocycles. The van der Waals surface area contributed by atoms with Crippen LogP contribution >= 0.6 is 23.1 Å². The average Bonchev–Trinajstić information content (AvgIpc) is 3.46. The molecule has 0 atom stereocenters. The van der Waals surface area contributed by atoms with E-state index in [0.29, 0.717) is 45.3 Å². The standard InChI is InChI=1S/C24H27N5O4S2/c1-5-29-22(14-10-17(31-2)21(33-4)18(11-14)32-3)27-28-24(29)34-13-20(30)26-23-16(12-25)15-8-6-7-9-19(15)35-23/h10-11H,5-9,13H2,1-4H3,(H,26,30). The van der Waals surface area contributed by atoms with Crippen molar-refractivity contribution in [2.24, 2.45) is 0 Å². The number of nitriles is 1. The summed E-state index contributed by atoms with van der Waals surface area (Å²) in [5.74, 6) is 2.15. The first-order valence-corrected chi connectivity index (χ1v) is 13.1. The SMILES string of the molecule is CCn1c(SCC(=O)Nc2sc3c(c2C#N)CCCC3)nnc1-c1cc(OC)c(OC)c(OC)c1. The summed E-state index contributed by atoms with van der Waals surface area (Å²) in [6.07, 6.45) is 4.09. The van der Waals surface area contributed by atoms with E-state index in [1.54, 1.807) is 21.3 Å². The van der Waals surface area contributed by atoms with Crippen LogP contribution < -0.4 is 19.5 Å². The number of aryl methyl sites for hydroxylation is 1. The summed E-state index contributed by atoms with van der Waals surface area (Å²) in [5, 5.41) is 22.5. The Morgan fingerprint density at radius 3 is 2.51 bits per heavy atom. The Hall–Kier alpha value is -3.23. The van der Waals surface area contributed by atoms with Gasteiger partial charge in [0.2, 0.25) is 11.7 Å². The van der Waals surface area contributed by atoms with Gasteiger partial charge in [0, 0.05) is 17.0 Å². The molecule has 2 aromatic heterocycles. The monoisotopic (exact) mass is 513 g/mol. The molecule has 0 bridgehead atoms. The number of amides is 1. The van der Waals surface area contributed by atoms with Crippen molar-refractivity contribution < 1.29 is 19.0 Å². The molecule has 0 saturated carbocycles. The first kappa shape index (κ1) is 24.9. The fourth-order valence-electron chi connectivity index (χ4n) is 4.17. The number of fused-ring (bicyclic) bond motifs is 1. The number of thioether (sulfide) groups is 1. The molecule has 3 aromatic rings. The lowest BCUT2D eigenvalue weighted by Gasteiger charge is -2.14. The third-order valence-corrected chi connectivity index (χ3v) is 8.00. The van der Waals surface area contributed by atoms with Gasteiger partial charge >= 0.3 is 0 Å². The van der Waals surface area contributed by atoms with E-state index in [1.165, 1.54) is 28.0 Å². The number of ether oxygens (including phenoxy) is 3. The van der Waals surface area contributed by atoms with Gasteiger partial charge in [0.05, 0.1) is 32.6 Å².